The number of hydrogen-bond donors (Lipinski definition) is 3. The van der Waals surface area contributed by atoms with Gasteiger partial charge < -0.3 is 15.7 Å². The molecule has 21 heavy (non-hydrogen) atoms. The minimum atomic E-state index is -0.821. The van der Waals surface area contributed by atoms with Crippen LogP contribution in [-0.4, -0.2) is 35.6 Å². The second-order valence-corrected chi connectivity index (χ2v) is 6.19. The van der Waals surface area contributed by atoms with Crippen LogP contribution in [0.25, 0.3) is 0 Å². The zero-order valence-electron chi connectivity index (χ0n) is 12.9. The maximum Gasteiger partial charge on any atom is 0.308 e. The van der Waals surface area contributed by atoms with Crippen LogP contribution in [0.1, 0.15) is 37.7 Å². The van der Waals surface area contributed by atoms with Gasteiger partial charge in [-0.2, -0.15) is 0 Å². The van der Waals surface area contributed by atoms with Crippen LogP contribution in [0.2, 0.25) is 0 Å². The van der Waals surface area contributed by atoms with Crippen molar-refractivity contribution in [3.05, 3.63) is 24.0 Å². The molecule has 1 atom stereocenters. The Morgan fingerprint density at radius 2 is 2.05 bits per heavy atom. The zero-order chi connectivity index (χ0) is 16.0. The van der Waals surface area contributed by atoms with E-state index in [1.807, 2.05) is 20.8 Å². The highest BCUT2D eigenvalue weighted by atomic mass is 16.4. The molecular weight excluding hydrogens is 270 g/mol. The van der Waals surface area contributed by atoms with Crippen molar-refractivity contribution >= 4 is 17.6 Å². The van der Waals surface area contributed by atoms with Gasteiger partial charge in [0, 0.05) is 25.5 Å². The molecule has 0 saturated heterocycles. The van der Waals surface area contributed by atoms with Crippen LogP contribution in [0.15, 0.2) is 18.3 Å². The van der Waals surface area contributed by atoms with Crippen molar-refractivity contribution in [3.63, 3.8) is 0 Å². The Bertz CT molecular complexity index is 509. The Hall–Kier alpha value is -2.11. The molecule has 1 rings (SSSR count). The van der Waals surface area contributed by atoms with Crippen LogP contribution >= 0.6 is 0 Å². The second-order valence-electron chi connectivity index (χ2n) is 6.19. The number of carboxylic acid groups (broad SMARTS) is 1. The first-order valence-electron chi connectivity index (χ1n) is 6.88. The SMILES string of the molecule is CNC(=O)c1cc(NCC(CC(C)(C)C)C(=O)O)ccn1. The summed E-state index contributed by atoms with van der Waals surface area (Å²) in [6, 6.07) is 3.32. The fraction of sp³-hybridized carbons (Fsp3) is 0.533. The van der Waals surface area contributed by atoms with Crippen LogP contribution in [0.3, 0.4) is 0 Å². The standard InChI is InChI=1S/C15H23N3O3/c1-15(2,3)8-10(14(20)21)9-18-11-5-6-17-12(7-11)13(19)16-4/h5-7,10H,8-9H2,1-4H3,(H,16,19)(H,17,18)(H,20,21). The van der Waals surface area contributed by atoms with E-state index in [2.05, 4.69) is 15.6 Å². The molecule has 1 aromatic heterocycles. The molecule has 6 heteroatoms. The minimum Gasteiger partial charge on any atom is -0.481 e. The average Bonchev–Trinajstić information content (AvgIpc) is 2.41. The largest absolute Gasteiger partial charge is 0.481 e. The van der Waals surface area contributed by atoms with Gasteiger partial charge in [-0.15, -0.1) is 0 Å². The van der Waals surface area contributed by atoms with Crippen molar-refractivity contribution in [2.75, 3.05) is 18.9 Å². The summed E-state index contributed by atoms with van der Waals surface area (Å²) in [4.78, 5) is 26.8. The highest BCUT2D eigenvalue weighted by molar-refractivity contribution is 5.92. The molecule has 0 radical (unpaired) electrons. The van der Waals surface area contributed by atoms with Crippen molar-refractivity contribution < 1.29 is 14.7 Å². The molecule has 0 fully saturated rings. The number of amides is 1. The molecule has 1 amide bonds. The Labute approximate surface area is 125 Å². The van der Waals surface area contributed by atoms with E-state index < -0.39 is 11.9 Å². The van der Waals surface area contributed by atoms with E-state index in [0.29, 0.717) is 24.3 Å². The van der Waals surface area contributed by atoms with Gasteiger partial charge >= 0.3 is 5.97 Å². The smallest absolute Gasteiger partial charge is 0.308 e. The zero-order valence-corrected chi connectivity index (χ0v) is 12.9. The van der Waals surface area contributed by atoms with Gasteiger partial charge in [-0.05, 0) is 24.0 Å². The quantitative estimate of drug-likeness (QED) is 0.746. The first-order valence-corrected chi connectivity index (χ1v) is 6.88. The lowest BCUT2D eigenvalue weighted by atomic mass is 9.84. The van der Waals surface area contributed by atoms with E-state index in [0.717, 1.165) is 0 Å². The first-order chi connectivity index (χ1) is 9.73. The maximum absolute atomic E-state index is 11.5. The lowest BCUT2D eigenvalue weighted by Gasteiger charge is -2.23. The number of carboxylic acids is 1. The second kappa shape index (κ2) is 7.06. The number of rotatable bonds is 6. The molecule has 1 aromatic rings. The summed E-state index contributed by atoms with van der Waals surface area (Å²) < 4.78 is 0. The molecule has 6 nitrogen and oxygen atoms in total. The lowest BCUT2D eigenvalue weighted by molar-refractivity contribution is -0.142. The van der Waals surface area contributed by atoms with E-state index >= 15 is 0 Å². The van der Waals surface area contributed by atoms with Gasteiger partial charge in [0.15, 0.2) is 0 Å². The van der Waals surface area contributed by atoms with Gasteiger partial charge in [-0.3, -0.25) is 14.6 Å². The summed E-state index contributed by atoms with van der Waals surface area (Å²) in [7, 11) is 1.54. The molecule has 0 spiro atoms. The third-order valence-electron chi connectivity index (χ3n) is 2.98. The van der Waals surface area contributed by atoms with E-state index in [-0.39, 0.29) is 11.3 Å². The van der Waals surface area contributed by atoms with Gasteiger partial charge in [-0.1, -0.05) is 20.8 Å². The molecule has 1 unspecified atom stereocenters. The Kier molecular flexibility index (Phi) is 5.69. The molecule has 0 aliphatic rings. The van der Waals surface area contributed by atoms with Gasteiger partial charge in [0.2, 0.25) is 0 Å². The molecule has 0 bridgehead atoms. The summed E-state index contributed by atoms with van der Waals surface area (Å²) in [5.74, 6) is -1.58. The lowest BCUT2D eigenvalue weighted by Crippen LogP contribution is -2.27. The summed E-state index contributed by atoms with van der Waals surface area (Å²) >= 11 is 0. The number of carbonyl (C=O) groups is 2. The van der Waals surface area contributed by atoms with Gasteiger partial charge in [-0.25, -0.2) is 0 Å². The van der Waals surface area contributed by atoms with Gasteiger partial charge in [0.05, 0.1) is 5.92 Å². The van der Waals surface area contributed by atoms with E-state index in [9.17, 15) is 14.7 Å². The number of aromatic nitrogens is 1. The third-order valence-corrected chi connectivity index (χ3v) is 2.98. The predicted molar refractivity (Wildman–Crippen MR) is 81.3 cm³/mol. The van der Waals surface area contributed by atoms with Gasteiger partial charge in [0.1, 0.15) is 5.69 Å². The minimum absolute atomic E-state index is 0.0593. The van der Waals surface area contributed by atoms with Crippen LogP contribution in [0, 0.1) is 11.3 Å². The Morgan fingerprint density at radius 1 is 1.38 bits per heavy atom. The average molecular weight is 293 g/mol. The fourth-order valence-electron chi connectivity index (χ4n) is 2.02. The number of nitrogens with zero attached hydrogens (tertiary/aromatic N) is 1. The highest BCUT2D eigenvalue weighted by Gasteiger charge is 2.24. The normalized spacial score (nSPS) is 12.6. The molecule has 1 heterocycles. The molecule has 0 aliphatic carbocycles. The predicted octanol–water partition coefficient (Wildman–Crippen LogP) is 1.99. The number of carbonyl (C=O) groups excluding carboxylic acids is 1. The number of nitrogens with one attached hydrogen (secondary N) is 2. The first kappa shape index (κ1) is 16.9. The van der Waals surface area contributed by atoms with Crippen molar-refractivity contribution in [2.24, 2.45) is 11.3 Å². The van der Waals surface area contributed by atoms with E-state index in [4.69, 9.17) is 0 Å². The van der Waals surface area contributed by atoms with Crippen LogP contribution < -0.4 is 10.6 Å². The monoisotopic (exact) mass is 293 g/mol. The fourth-order valence-corrected chi connectivity index (χ4v) is 2.02. The van der Waals surface area contributed by atoms with E-state index in [1.54, 1.807) is 12.1 Å². The number of pyridine rings is 1. The van der Waals surface area contributed by atoms with Crippen molar-refractivity contribution in [2.45, 2.75) is 27.2 Å². The molecule has 0 aliphatic heterocycles. The number of hydrogen-bond acceptors (Lipinski definition) is 4. The maximum atomic E-state index is 11.5. The Morgan fingerprint density at radius 3 is 2.57 bits per heavy atom. The topological polar surface area (TPSA) is 91.3 Å². The Balaban J connectivity index is 2.72. The van der Waals surface area contributed by atoms with Crippen molar-refractivity contribution in [1.29, 1.82) is 0 Å². The van der Waals surface area contributed by atoms with Crippen molar-refractivity contribution in [1.82, 2.24) is 10.3 Å². The van der Waals surface area contributed by atoms with Crippen molar-refractivity contribution in [3.8, 4) is 0 Å². The summed E-state index contributed by atoms with van der Waals surface area (Å²) in [5.41, 5.74) is 0.921. The number of aliphatic carboxylic acids is 1. The highest BCUT2D eigenvalue weighted by Crippen LogP contribution is 2.25. The van der Waals surface area contributed by atoms with E-state index in [1.165, 1.54) is 13.2 Å². The molecular formula is C15H23N3O3. The third kappa shape index (κ3) is 5.81. The molecule has 116 valence electrons. The number of anilines is 1. The molecule has 3 N–H and O–H groups in total. The molecule has 0 saturated carbocycles. The summed E-state index contributed by atoms with van der Waals surface area (Å²) in [6.45, 7) is 6.35. The van der Waals surface area contributed by atoms with Crippen LogP contribution in [-0.2, 0) is 4.79 Å². The van der Waals surface area contributed by atoms with Crippen LogP contribution in [0.4, 0.5) is 5.69 Å². The molecule has 0 aromatic carbocycles. The summed E-state index contributed by atoms with van der Waals surface area (Å²) in [5, 5.41) is 14.8. The van der Waals surface area contributed by atoms with Gasteiger partial charge in [0.25, 0.3) is 5.91 Å². The summed E-state index contributed by atoms with van der Waals surface area (Å²) in [6.07, 6.45) is 2.09. The van der Waals surface area contributed by atoms with Crippen LogP contribution in [0.5, 0.6) is 0 Å².